The summed E-state index contributed by atoms with van der Waals surface area (Å²) < 4.78 is 6.17. The average molecular weight is 259 g/mol. The zero-order valence-corrected chi connectivity index (χ0v) is 12.2. The van der Waals surface area contributed by atoms with Gasteiger partial charge in [0.1, 0.15) is 5.75 Å². The molecule has 0 radical (unpaired) electrons. The molecule has 0 spiro atoms. The largest absolute Gasteiger partial charge is 0.490 e. The lowest BCUT2D eigenvalue weighted by atomic mass is 9.76. The molecule has 1 aromatic rings. The highest BCUT2D eigenvalue weighted by Gasteiger charge is 2.27. The van der Waals surface area contributed by atoms with Gasteiger partial charge in [0.25, 0.3) is 0 Å². The molecule has 1 aliphatic carbocycles. The smallest absolute Gasteiger partial charge is 0.121 e. The van der Waals surface area contributed by atoms with E-state index < -0.39 is 0 Å². The fraction of sp³-hybridized carbons (Fsp3) is 0.647. The molecular weight excluding hydrogens is 234 g/mol. The molecule has 1 saturated carbocycles. The van der Waals surface area contributed by atoms with E-state index in [1.165, 1.54) is 49.8 Å². The fourth-order valence-corrected chi connectivity index (χ4v) is 3.20. The van der Waals surface area contributed by atoms with Crippen molar-refractivity contribution in [3.8, 4) is 5.75 Å². The maximum Gasteiger partial charge on any atom is 0.121 e. The number of aryl methyl sites for hydroxylation is 1. The van der Waals surface area contributed by atoms with E-state index >= 15 is 0 Å². The summed E-state index contributed by atoms with van der Waals surface area (Å²) in [4.78, 5) is 0. The van der Waals surface area contributed by atoms with Gasteiger partial charge in [0.05, 0.1) is 6.10 Å². The van der Waals surface area contributed by atoms with Crippen molar-refractivity contribution in [3.63, 3.8) is 0 Å². The summed E-state index contributed by atoms with van der Waals surface area (Å²) in [5.41, 5.74) is 3.22. The number of hydrogen-bond donors (Lipinski definition) is 1. The number of benzene rings is 1. The molecule has 3 rings (SSSR count). The van der Waals surface area contributed by atoms with Crippen LogP contribution in [0.4, 0.5) is 5.69 Å². The van der Waals surface area contributed by atoms with E-state index in [4.69, 9.17) is 4.74 Å². The maximum atomic E-state index is 6.17. The van der Waals surface area contributed by atoms with Crippen LogP contribution in [0.15, 0.2) is 18.2 Å². The Kier molecular flexibility index (Phi) is 3.42. The number of ether oxygens (including phenoxy) is 1. The number of nitrogens with one attached hydrogen (secondary N) is 1. The van der Waals surface area contributed by atoms with E-state index in [0.29, 0.717) is 11.5 Å². The molecule has 1 aromatic carbocycles. The molecule has 104 valence electrons. The molecule has 0 amide bonds. The number of rotatable bonds is 2. The van der Waals surface area contributed by atoms with Crippen molar-refractivity contribution in [1.82, 2.24) is 0 Å². The Labute approximate surface area is 116 Å². The van der Waals surface area contributed by atoms with E-state index in [1.807, 2.05) is 0 Å². The molecule has 19 heavy (non-hydrogen) atoms. The Morgan fingerprint density at radius 2 is 2.00 bits per heavy atom. The van der Waals surface area contributed by atoms with Gasteiger partial charge in [-0.1, -0.05) is 19.9 Å². The van der Waals surface area contributed by atoms with Crippen molar-refractivity contribution in [1.29, 1.82) is 0 Å². The first-order valence-electron chi connectivity index (χ1n) is 7.66. The molecule has 2 nitrogen and oxygen atoms in total. The fourth-order valence-electron chi connectivity index (χ4n) is 3.20. The van der Waals surface area contributed by atoms with Gasteiger partial charge in [-0.3, -0.25) is 0 Å². The highest BCUT2D eigenvalue weighted by Crippen LogP contribution is 2.37. The first kappa shape index (κ1) is 12.8. The summed E-state index contributed by atoms with van der Waals surface area (Å²) in [5, 5.41) is 3.47. The SMILES string of the molecule is CC1(C)CCC(Oc2ccc3c(c2)NCCC3)CC1. The topological polar surface area (TPSA) is 21.3 Å². The summed E-state index contributed by atoms with van der Waals surface area (Å²) in [6.07, 6.45) is 7.79. The van der Waals surface area contributed by atoms with E-state index in [-0.39, 0.29) is 0 Å². The zero-order chi connectivity index (χ0) is 13.3. The van der Waals surface area contributed by atoms with Gasteiger partial charge in [0.15, 0.2) is 0 Å². The molecular formula is C17H25NO. The number of anilines is 1. The van der Waals surface area contributed by atoms with E-state index in [0.717, 1.165) is 12.3 Å². The summed E-state index contributed by atoms with van der Waals surface area (Å²) in [5.74, 6) is 1.04. The van der Waals surface area contributed by atoms with Crippen LogP contribution >= 0.6 is 0 Å². The number of hydrogen-bond acceptors (Lipinski definition) is 2. The van der Waals surface area contributed by atoms with Crippen molar-refractivity contribution < 1.29 is 4.74 Å². The highest BCUT2D eigenvalue weighted by atomic mass is 16.5. The number of fused-ring (bicyclic) bond motifs is 1. The van der Waals surface area contributed by atoms with Gasteiger partial charge >= 0.3 is 0 Å². The van der Waals surface area contributed by atoms with Gasteiger partial charge < -0.3 is 10.1 Å². The first-order valence-corrected chi connectivity index (χ1v) is 7.66. The molecule has 0 atom stereocenters. The van der Waals surface area contributed by atoms with Gasteiger partial charge in [-0.05, 0) is 55.6 Å². The van der Waals surface area contributed by atoms with Crippen molar-refractivity contribution >= 4 is 5.69 Å². The Bertz CT molecular complexity index is 443. The van der Waals surface area contributed by atoms with Crippen LogP contribution in [0.3, 0.4) is 0 Å². The van der Waals surface area contributed by atoms with Crippen LogP contribution in [0.5, 0.6) is 5.75 Å². The summed E-state index contributed by atoms with van der Waals surface area (Å²) in [6, 6.07) is 6.56. The van der Waals surface area contributed by atoms with Crippen LogP contribution in [0.1, 0.15) is 51.5 Å². The predicted molar refractivity (Wildman–Crippen MR) is 79.9 cm³/mol. The Hall–Kier alpha value is -1.18. The highest BCUT2D eigenvalue weighted by molar-refractivity contribution is 5.56. The lowest BCUT2D eigenvalue weighted by Gasteiger charge is -2.34. The second kappa shape index (κ2) is 5.07. The Balaban J connectivity index is 1.64. The van der Waals surface area contributed by atoms with Crippen LogP contribution < -0.4 is 10.1 Å². The molecule has 1 fully saturated rings. The van der Waals surface area contributed by atoms with E-state index in [1.54, 1.807) is 0 Å². The molecule has 0 aromatic heterocycles. The Morgan fingerprint density at radius 3 is 2.79 bits per heavy atom. The summed E-state index contributed by atoms with van der Waals surface area (Å²) >= 11 is 0. The van der Waals surface area contributed by atoms with E-state index in [2.05, 4.69) is 37.4 Å². The molecule has 2 aliphatic rings. The average Bonchev–Trinajstić information content (AvgIpc) is 2.41. The lowest BCUT2D eigenvalue weighted by molar-refractivity contribution is 0.0988. The molecule has 0 saturated heterocycles. The van der Waals surface area contributed by atoms with Gasteiger partial charge in [0, 0.05) is 18.3 Å². The second-order valence-electron chi connectivity index (χ2n) is 6.83. The van der Waals surface area contributed by atoms with Gasteiger partial charge in [-0.25, -0.2) is 0 Å². The van der Waals surface area contributed by atoms with Crippen molar-refractivity contribution in [2.24, 2.45) is 5.41 Å². The minimum Gasteiger partial charge on any atom is -0.490 e. The standard InChI is InChI=1S/C17H25NO/c1-17(2)9-7-14(8-10-17)19-15-6-5-13-4-3-11-18-16(13)12-15/h5-6,12,14,18H,3-4,7-11H2,1-2H3. The molecule has 0 bridgehead atoms. The van der Waals surface area contributed by atoms with E-state index in [9.17, 15) is 0 Å². The molecule has 0 unspecified atom stereocenters. The third kappa shape index (κ3) is 3.05. The second-order valence-corrected chi connectivity index (χ2v) is 6.83. The maximum absolute atomic E-state index is 6.17. The molecule has 1 N–H and O–H groups in total. The third-order valence-electron chi connectivity index (χ3n) is 4.61. The summed E-state index contributed by atoms with van der Waals surface area (Å²) in [7, 11) is 0. The van der Waals surface area contributed by atoms with Gasteiger partial charge in [-0.15, -0.1) is 0 Å². The first-order chi connectivity index (χ1) is 9.12. The molecule has 1 aliphatic heterocycles. The Morgan fingerprint density at radius 1 is 1.21 bits per heavy atom. The normalized spacial score (nSPS) is 22.4. The van der Waals surface area contributed by atoms with Crippen LogP contribution in [-0.2, 0) is 6.42 Å². The van der Waals surface area contributed by atoms with Crippen LogP contribution in [0.25, 0.3) is 0 Å². The van der Waals surface area contributed by atoms with Crippen molar-refractivity contribution in [2.75, 3.05) is 11.9 Å². The van der Waals surface area contributed by atoms with Crippen LogP contribution in [0.2, 0.25) is 0 Å². The zero-order valence-electron chi connectivity index (χ0n) is 12.2. The van der Waals surface area contributed by atoms with Crippen molar-refractivity contribution in [2.45, 2.75) is 58.5 Å². The van der Waals surface area contributed by atoms with Crippen molar-refractivity contribution in [3.05, 3.63) is 23.8 Å². The lowest BCUT2D eigenvalue weighted by Crippen LogP contribution is -2.28. The minimum absolute atomic E-state index is 0.412. The monoisotopic (exact) mass is 259 g/mol. The third-order valence-corrected chi connectivity index (χ3v) is 4.61. The molecule has 2 heteroatoms. The van der Waals surface area contributed by atoms with Gasteiger partial charge in [-0.2, -0.15) is 0 Å². The van der Waals surface area contributed by atoms with Crippen LogP contribution in [-0.4, -0.2) is 12.6 Å². The molecule has 1 heterocycles. The quantitative estimate of drug-likeness (QED) is 0.850. The predicted octanol–water partition coefficient (Wildman–Crippen LogP) is 4.39. The van der Waals surface area contributed by atoms with Gasteiger partial charge in [0.2, 0.25) is 0 Å². The van der Waals surface area contributed by atoms with Crippen LogP contribution in [0, 0.1) is 5.41 Å². The summed E-state index contributed by atoms with van der Waals surface area (Å²) in [6.45, 7) is 5.83. The minimum atomic E-state index is 0.412.